The van der Waals surface area contributed by atoms with Gasteiger partial charge in [-0.3, -0.25) is 0 Å². The first-order chi connectivity index (χ1) is 10.9. The van der Waals surface area contributed by atoms with Crippen molar-refractivity contribution in [1.82, 2.24) is 0 Å². The van der Waals surface area contributed by atoms with E-state index >= 15 is 0 Å². The van der Waals surface area contributed by atoms with Gasteiger partial charge in [-0.15, -0.1) is 0 Å². The van der Waals surface area contributed by atoms with Gasteiger partial charge in [0.05, 0.1) is 0 Å². The van der Waals surface area contributed by atoms with E-state index in [4.69, 9.17) is 0 Å². The number of hydrogen-bond donors (Lipinski definition) is 0. The summed E-state index contributed by atoms with van der Waals surface area (Å²) in [5.41, 5.74) is 7.58. The van der Waals surface area contributed by atoms with Crippen molar-refractivity contribution in [2.75, 3.05) is 0 Å². The van der Waals surface area contributed by atoms with Crippen LogP contribution in [0, 0.1) is 0 Å². The maximum Gasteiger partial charge on any atom is -0.00105 e. The summed E-state index contributed by atoms with van der Waals surface area (Å²) < 4.78 is 0. The van der Waals surface area contributed by atoms with Gasteiger partial charge in [-0.25, -0.2) is 0 Å². The Morgan fingerprint density at radius 1 is 0.864 bits per heavy atom. The number of rotatable bonds is 4. The van der Waals surface area contributed by atoms with Gasteiger partial charge in [0.25, 0.3) is 0 Å². The van der Waals surface area contributed by atoms with Crippen LogP contribution in [-0.4, -0.2) is 0 Å². The molecule has 0 amide bonds. The van der Waals surface area contributed by atoms with Gasteiger partial charge in [0.1, 0.15) is 0 Å². The molecule has 0 unspecified atom stereocenters. The van der Waals surface area contributed by atoms with Crippen molar-refractivity contribution in [2.24, 2.45) is 0 Å². The Kier molecular flexibility index (Phi) is 3.46. The van der Waals surface area contributed by atoms with E-state index in [2.05, 4.69) is 61.5 Å². The summed E-state index contributed by atoms with van der Waals surface area (Å²) in [6.45, 7) is 2.28. The Bertz CT molecular complexity index is 827. The highest BCUT2D eigenvalue weighted by Crippen LogP contribution is 2.41. The van der Waals surface area contributed by atoms with Crippen molar-refractivity contribution in [3.8, 4) is 11.1 Å². The monoisotopic (exact) mass is 286 g/mol. The predicted octanol–water partition coefficient (Wildman–Crippen LogP) is 6.14. The lowest BCUT2D eigenvalue weighted by molar-refractivity contribution is 0.717. The zero-order valence-electron chi connectivity index (χ0n) is 13.2. The van der Waals surface area contributed by atoms with Gasteiger partial charge in [0, 0.05) is 0 Å². The Labute approximate surface area is 132 Å². The van der Waals surface area contributed by atoms with Gasteiger partial charge in [-0.05, 0) is 63.9 Å². The number of unbranched alkanes of at least 4 members (excludes halogenated alkanes) is 2. The number of fused-ring (bicyclic) bond motifs is 4. The topological polar surface area (TPSA) is 0 Å². The van der Waals surface area contributed by atoms with Crippen LogP contribution >= 0.6 is 0 Å². The molecule has 0 radical (unpaired) electrons. The van der Waals surface area contributed by atoms with E-state index in [0.717, 1.165) is 6.42 Å². The van der Waals surface area contributed by atoms with Crippen LogP contribution in [0.25, 0.3) is 21.9 Å². The van der Waals surface area contributed by atoms with Crippen molar-refractivity contribution in [3.63, 3.8) is 0 Å². The summed E-state index contributed by atoms with van der Waals surface area (Å²) in [4.78, 5) is 0. The van der Waals surface area contributed by atoms with Crippen molar-refractivity contribution < 1.29 is 0 Å². The molecular formula is C22H22. The summed E-state index contributed by atoms with van der Waals surface area (Å²) in [5.74, 6) is 0. The second-order valence-electron chi connectivity index (χ2n) is 6.39. The van der Waals surface area contributed by atoms with Crippen molar-refractivity contribution in [1.29, 1.82) is 0 Å². The molecule has 110 valence electrons. The molecule has 0 bridgehead atoms. The van der Waals surface area contributed by atoms with Gasteiger partial charge >= 0.3 is 0 Å². The van der Waals surface area contributed by atoms with Crippen LogP contribution < -0.4 is 0 Å². The molecule has 0 atom stereocenters. The Hall–Kier alpha value is -2.08. The molecule has 0 saturated carbocycles. The second-order valence-corrected chi connectivity index (χ2v) is 6.39. The van der Waals surface area contributed by atoms with Crippen molar-refractivity contribution in [3.05, 3.63) is 71.3 Å². The fourth-order valence-corrected chi connectivity index (χ4v) is 3.87. The van der Waals surface area contributed by atoms with Gasteiger partial charge in [0.15, 0.2) is 0 Å². The lowest BCUT2D eigenvalue weighted by Gasteiger charge is -2.13. The first-order valence-corrected chi connectivity index (χ1v) is 8.50. The van der Waals surface area contributed by atoms with Crippen LogP contribution in [-0.2, 0) is 12.8 Å². The molecule has 0 aromatic heterocycles. The van der Waals surface area contributed by atoms with Crippen LogP contribution in [0.1, 0.15) is 42.9 Å². The predicted molar refractivity (Wildman–Crippen MR) is 95.4 cm³/mol. The van der Waals surface area contributed by atoms with E-state index in [-0.39, 0.29) is 0 Å². The maximum absolute atomic E-state index is 2.40. The zero-order valence-corrected chi connectivity index (χ0v) is 13.2. The molecule has 3 aromatic carbocycles. The van der Waals surface area contributed by atoms with Gasteiger partial charge < -0.3 is 0 Å². The fourth-order valence-electron chi connectivity index (χ4n) is 3.87. The summed E-state index contributed by atoms with van der Waals surface area (Å²) in [6, 6.07) is 20.2. The molecule has 4 rings (SSSR count). The number of aryl methyl sites for hydroxylation is 1. The van der Waals surface area contributed by atoms with Gasteiger partial charge in [-0.2, -0.15) is 0 Å². The fraction of sp³-hybridized carbons (Fsp3) is 0.273. The van der Waals surface area contributed by atoms with Crippen LogP contribution in [0.3, 0.4) is 0 Å². The molecule has 0 fully saturated rings. The van der Waals surface area contributed by atoms with E-state index < -0.39 is 0 Å². The molecule has 0 spiro atoms. The van der Waals surface area contributed by atoms with Crippen LogP contribution in [0.4, 0.5) is 0 Å². The molecule has 1 aliphatic carbocycles. The number of benzene rings is 3. The number of hydrogen-bond acceptors (Lipinski definition) is 0. The summed E-state index contributed by atoms with van der Waals surface area (Å²) in [6.07, 6.45) is 6.23. The van der Waals surface area contributed by atoms with E-state index in [0.29, 0.717) is 0 Å². The first kappa shape index (κ1) is 13.6. The Morgan fingerprint density at radius 3 is 2.59 bits per heavy atom. The lowest BCUT2D eigenvalue weighted by atomic mass is 9.91. The van der Waals surface area contributed by atoms with E-state index in [9.17, 15) is 0 Å². The SMILES string of the molecule is CCCCCc1c2c(cc3ccccc13)-c1ccccc1C2. The average molecular weight is 286 g/mol. The largest absolute Gasteiger partial charge is 0.0654 e. The van der Waals surface area contributed by atoms with Gasteiger partial charge in [-0.1, -0.05) is 68.3 Å². The highest BCUT2D eigenvalue weighted by atomic mass is 14.3. The molecule has 0 nitrogen and oxygen atoms in total. The molecule has 0 aliphatic heterocycles. The van der Waals surface area contributed by atoms with Crippen molar-refractivity contribution in [2.45, 2.75) is 39.0 Å². The molecule has 22 heavy (non-hydrogen) atoms. The maximum atomic E-state index is 2.40. The minimum Gasteiger partial charge on any atom is -0.0654 e. The van der Waals surface area contributed by atoms with Crippen LogP contribution in [0.2, 0.25) is 0 Å². The first-order valence-electron chi connectivity index (χ1n) is 8.50. The third-order valence-electron chi connectivity index (χ3n) is 4.98. The molecule has 0 heterocycles. The molecular weight excluding hydrogens is 264 g/mol. The third-order valence-corrected chi connectivity index (χ3v) is 4.98. The van der Waals surface area contributed by atoms with Crippen LogP contribution in [0.15, 0.2) is 54.6 Å². The van der Waals surface area contributed by atoms with Gasteiger partial charge in [0.2, 0.25) is 0 Å². The Balaban J connectivity index is 1.91. The zero-order chi connectivity index (χ0) is 14.9. The molecule has 0 heteroatoms. The van der Waals surface area contributed by atoms with Crippen molar-refractivity contribution >= 4 is 10.8 Å². The second kappa shape index (κ2) is 5.61. The normalized spacial score (nSPS) is 12.4. The molecule has 0 saturated heterocycles. The third kappa shape index (κ3) is 2.14. The standard InChI is InChI=1S/C22H22/c1-2-3-4-13-20-18-11-7-5-9-16(18)14-21-19-12-8-6-10-17(19)15-22(20)21/h5-12,14H,2-4,13,15H2,1H3. The highest BCUT2D eigenvalue weighted by molar-refractivity contribution is 5.94. The van der Waals surface area contributed by atoms with E-state index in [1.165, 1.54) is 53.1 Å². The minimum absolute atomic E-state index is 1.11. The smallest absolute Gasteiger partial charge is 0.00105 e. The molecule has 1 aliphatic rings. The Morgan fingerprint density at radius 2 is 1.68 bits per heavy atom. The molecule has 0 N–H and O–H groups in total. The summed E-state index contributed by atoms with van der Waals surface area (Å²) in [5, 5.41) is 2.86. The molecule has 3 aromatic rings. The minimum atomic E-state index is 1.11. The van der Waals surface area contributed by atoms with Crippen LogP contribution in [0.5, 0.6) is 0 Å². The highest BCUT2D eigenvalue weighted by Gasteiger charge is 2.22. The summed E-state index contributed by atoms with van der Waals surface area (Å²) >= 11 is 0. The van der Waals surface area contributed by atoms with E-state index in [1.807, 2.05) is 0 Å². The average Bonchev–Trinajstić information content (AvgIpc) is 2.93. The summed E-state index contributed by atoms with van der Waals surface area (Å²) in [7, 11) is 0. The quantitative estimate of drug-likeness (QED) is 0.395. The van der Waals surface area contributed by atoms with E-state index in [1.54, 1.807) is 11.1 Å². The lowest BCUT2D eigenvalue weighted by Crippen LogP contribution is -1.96.